The molecule has 1 aliphatic heterocycles. The van der Waals surface area contributed by atoms with Crippen LogP contribution < -0.4 is 5.32 Å². The Bertz CT molecular complexity index is 394. The fourth-order valence-electron chi connectivity index (χ4n) is 1.49. The van der Waals surface area contributed by atoms with Crippen LogP contribution in [0.3, 0.4) is 0 Å². The molecular formula is C10H10F3NOS. The Hall–Kier alpha value is -0.880. The molecule has 2 nitrogen and oxygen atoms in total. The van der Waals surface area contributed by atoms with Gasteiger partial charge in [0.15, 0.2) is 0 Å². The summed E-state index contributed by atoms with van der Waals surface area (Å²) in [4.78, 5) is 0.542. The molecule has 0 fully saturated rings. The number of aliphatic hydroxyl groups is 1. The number of nitrogens with one attached hydrogen (secondary N) is 1. The van der Waals surface area contributed by atoms with E-state index in [1.165, 1.54) is 17.8 Å². The molecule has 88 valence electrons. The summed E-state index contributed by atoms with van der Waals surface area (Å²) in [5, 5.41) is 11.9. The van der Waals surface area contributed by atoms with Gasteiger partial charge in [0.05, 0.1) is 12.2 Å². The lowest BCUT2D eigenvalue weighted by molar-refractivity contribution is -0.137. The van der Waals surface area contributed by atoms with Gasteiger partial charge in [-0.1, -0.05) is 0 Å². The standard InChI is InChI=1S/C10H10F3NOS/c11-10(12,13)6-1-2-8-9(3-6)16-7(5-15)4-14-8/h1-3,7,14-15H,4-5H2. The minimum atomic E-state index is -4.32. The van der Waals surface area contributed by atoms with Crippen LogP contribution in [-0.4, -0.2) is 23.5 Å². The average molecular weight is 249 g/mol. The van der Waals surface area contributed by atoms with E-state index in [1.807, 2.05) is 0 Å². The van der Waals surface area contributed by atoms with E-state index in [4.69, 9.17) is 5.11 Å². The Morgan fingerprint density at radius 3 is 2.81 bits per heavy atom. The number of fused-ring (bicyclic) bond motifs is 1. The first-order chi connectivity index (χ1) is 7.50. The highest BCUT2D eigenvalue weighted by Gasteiger charge is 2.32. The molecule has 0 saturated heterocycles. The van der Waals surface area contributed by atoms with Crippen molar-refractivity contribution in [2.24, 2.45) is 0 Å². The molecule has 6 heteroatoms. The van der Waals surface area contributed by atoms with Gasteiger partial charge in [0.25, 0.3) is 0 Å². The largest absolute Gasteiger partial charge is 0.416 e. The maximum Gasteiger partial charge on any atom is 0.416 e. The van der Waals surface area contributed by atoms with Crippen molar-refractivity contribution in [3.05, 3.63) is 23.8 Å². The van der Waals surface area contributed by atoms with E-state index >= 15 is 0 Å². The number of thioether (sulfide) groups is 1. The van der Waals surface area contributed by atoms with Crippen molar-refractivity contribution in [2.75, 3.05) is 18.5 Å². The number of alkyl halides is 3. The summed E-state index contributed by atoms with van der Waals surface area (Å²) in [5.41, 5.74) is 0.0434. The van der Waals surface area contributed by atoms with E-state index in [9.17, 15) is 13.2 Å². The van der Waals surface area contributed by atoms with Crippen molar-refractivity contribution in [1.82, 2.24) is 0 Å². The van der Waals surface area contributed by atoms with E-state index < -0.39 is 11.7 Å². The molecule has 2 rings (SSSR count). The minimum absolute atomic E-state index is 0.0483. The van der Waals surface area contributed by atoms with Crippen molar-refractivity contribution >= 4 is 17.4 Å². The molecule has 1 atom stereocenters. The predicted octanol–water partition coefficient (Wildman–Crippen LogP) is 2.58. The average Bonchev–Trinajstić information content (AvgIpc) is 2.26. The van der Waals surface area contributed by atoms with Gasteiger partial charge in [0.1, 0.15) is 0 Å². The molecule has 0 aliphatic carbocycles. The van der Waals surface area contributed by atoms with Crippen LogP contribution in [-0.2, 0) is 6.18 Å². The maximum absolute atomic E-state index is 12.5. The fraction of sp³-hybridized carbons (Fsp3) is 0.400. The monoisotopic (exact) mass is 249 g/mol. The first kappa shape index (κ1) is 11.6. The molecule has 1 aromatic rings. The number of hydrogen-bond donors (Lipinski definition) is 2. The van der Waals surface area contributed by atoms with Gasteiger partial charge in [-0.3, -0.25) is 0 Å². The smallest absolute Gasteiger partial charge is 0.395 e. The molecule has 2 N–H and O–H groups in total. The summed E-state index contributed by atoms with van der Waals surface area (Å²) in [6.07, 6.45) is -4.32. The van der Waals surface area contributed by atoms with Crippen LogP contribution in [0.15, 0.2) is 23.1 Å². The SMILES string of the molecule is OCC1CNc2ccc(C(F)(F)F)cc2S1. The highest BCUT2D eigenvalue weighted by atomic mass is 32.2. The van der Waals surface area contributed by atoms with Gasteiger partial charge in [-0.2, -0.15) is 13.2 Å². The fourth-order valence-corrected chi connectivity index (χ4v) is 2.55. The molecule has 0 spiro atoms. The van der Waals surface area contributed by atoms with Crippen molar-refractivity contribution in [3.8, 4) is 0 Å². The second-order valence-electron chi connectivity index (χ2n) is 3.51. The quantitative estimate of drug-likeness (QED) is 0.802. The van der Waals surface area contributed by atoms with Crippen molar-refractivity contribution in [3.63, 3.8) is 0 Å². The van der Waals surface area contributed by atoms with Crippen LogP contribution in [0.2, 0.25) is 0 Å². The zero-order valence-electron chi connectivity index (χ0n) is 8.21. The van der Waals surface area contributed by atoms with Gasteiger partial charge < -0.3 is 10.4 Å². The van der Waals surface area contributed by atoms with Crippen LogP contribution >= 0.6 is 11.8 Å². The molecular weight excluding hydrogens is 239 g/mol. The summed E-state index contributed by atoms with van der Waals surface area (Å²) in [6.45, 7) is 0.521. The number of aliphatic hydroxyl groups excluding tert-OH is 1. The third kappa shape index (κ3) is 2.27. The lowest BCUT2D eigenvalue weighted by Gasteiger charge is -2.24. The van der Waals surface area contributed by atoms with Crippen LogP contribution in [0.4, 0.5) is 18.9 Å². The van der Waals surface area contributed by atoms with Crippen LogP contribution in [0.5, 0.6) is 0 Å². The number of halogens is 3. The van der Waals surface area contributed by atoms with Crippen LogP contribution in [0.25, 0.3) is 0 Å². The second kappa shape index (κ2) is 4.18. The molecule has 1 heterocycles. The zero-order valence-corrected chi connectivity index (χ0v) is 9.03. The summed E-state index contributed by atoms with van der Waals surface area (Å²) in [7, 11) is 0. The number of rotatable bonds is 1. The predicted molar refractivity (Wildman–Crippen MR) is 56.7 cm³/mol. The normalized spacial score (nSPS) is 20.1. The van der Waals surface area contributed by atoms with Gasteiger partial charge >= 0.3 is 6.18 Å². The van der Waals surface area contributed by atoms with Gasteiger partial charge in [-0.05, 0) is 18.2 Å². The first-order valence-corrected chi connectivity index (χ1v) is 5.61. The van der Waals surface area contributed by atoms with Crippen molar-refractivity contribution in [1.29, 1.82) is 0 Å². The highest BCUT2D eigenvalue weighted by Crippen LogP contribution is 2.39. The van der Waals surface area contributed by atoms with Crippen LogP contribution in [0, 0.1) is 0 Å². The van der Waals surface area contributed by atoms with Gasteiger partial charge in [-0.25, -0.2) is 0 Å². The summed E-state index contributed by atoms with van der Waals surface area (Å²) >= 11 is 1.27. The number of anilines is 1. The maximum atomic E-state index is 12.5. The van der Waals surface area contributed by atoms with E-state index in [0.717, 1.165) is 12.1 Å². The third-order valence-corrected chi connectivity index (χ3v) is 3.57. The topological polar surface area (TPSA) is 32.3 Å². The van der Waals surface area contributed by atoms with E-state index in [0.29, 0.717) is 17.1 Å². The van der Waals surface area contributed by atoms with Crippen molar-refractivity contribution < 1.29 is 18.3 Å². The Balaban J connectivity index is 2.31. The summed E-state index contributed by atoms with van der Waals surface area (Å²) in [5.74, 6) is 0. The lowest BCUT2D eigenvalue weighted by Crippen LogP contribution is -2.24. The molecule has 0 aromatic heterocycles. The van der Waals surface area contributed by atoms with E-state index in [1.54, 1.807) is 0 Å². The Morgan fingerprint density at radius 1 is 1.44 bits per heavy atom. The molecule has 0 bridgehead atoms. The molecule has 1 aromatic carbocycles. The number of hydrogen-bond acceptors (Lipinski definition) is 3. The van der Waals surface area contributed by atoms with Gasteiger partial charge in [0, 0.05) is 22.4 Å². The second-order valence-corrected chi connectivity index (χ2v) is 4.85. The molecule has 0 radical (unpaired) electrons. The van der Waals surface area contributed by atoms with E-state index in [2.05, 4.69) is 5.32 Å². The minimum Gasteiger partial charge on any atom is -0.395 e. The number of benzene rings is 1. The third-order valence-electron chi connectivity index (χ3n) is 2.33. The van der Waals surface area contributed by atoms with Gasteiger partial charge in [-0.15, -0.1) is 11.8 Å². The molecule has 0 saturated carbocycles. The first-order valence-electron chi connectivity index (χ1n) is 4.73. The molecule has 1 aliphatic rings. The highest BCUT2D eigenvalue weighted by molar-refractivity contribution is 8.00. The Kier molecular flexibility index (Phi) is 3.03. The Labute approximate surface area is 94.8 Å². The summed E-state index contributed by atoms with van der Waals surface area (Å²) in [6, 6.07) is 3.61. The molecule has 16 heavy (non-hydrogen) atoms. The molecule has 1 unspecified atom stereocenters. The van der Waals surface area contributed by atoms with E-state index in [-0.39, 0.29) is 11.9 Å². The zero-order chi connectivity index (χ0) is 11.8. The van der Waals surface area contributed by atoms with Crippen LogP contribution in [0.1, 0.15) is 5.56 Å². The van der Waals surface area contributed by atoms with Crippen molar-refractivity contribution in [2.45, 2.75) is 16.3 Å². The Morgan fingerprint density at radius 2 is 2.19 bits per heavy atom. The van der Waals surface area contributed by atoms with Gasteiger partial charge in [0.2, 0.25) is 0 Å². The molecule has 0 amide bonds. The lowest BCUT2D eigenvalue weighted by atomic mass is 10.2. The summed E-state index contributed by atoms with van der Waals surface area (Å²) < 4.78 is 37.4.